The summed E-state index contributed by atoms with van der Waals surface area (Å²) in [6.45, 7) is 1.06. The van der Waals surface area contributed by atoms with Gasteiger partial charge in [-0.05, 0) is 54.4 Å². The van der Waals surface area contributed by atoms with Gasteiger partial charge in [-0.1, -0.05) is 12.1 Å². The summed E-state index contributed by atoms with van der Waals surface area (Å²) < 4.78 is 5.92. The molecule has 0 saturated carbocycles. The molecule has 154 valence electrons. The van der Waals surface area contributed by atoms with Gasteiger partial charge in [0.2, 0.25) is 5.91 Å². The second kappa shape index (κ2) is 8.39. The lowest BCUT2D eigenvalue weighted by atomic mass is 10.0. The molecule has 1 aliphatic heterocycles. The molecule has 7 nitrogen and oxygen atoms in total. The van der Waals surface area contributed by atoms with Crippen LogP contribution in [0.1, 0.15) is 12.0 Å². The highest BCUT2D eigenvalue weighted by Crippen LogP contribution is 2.27. The zero-order chi connectivity index (χ0) is 21.0. The lowest BCUT2D eigenvalue weighted by molar-refractivity contribution is -0.116. The number of carbonyl (C=O) groups excluding carboxylic acids is 1. The van der Waals surface area contributed by atoms with Crippen LogP contribution in [0.3, 0.4) is 0 Å². The largest absolute Gasteiger partial charge is 0.492 e. The van der Waals surface area contributed by atoms with E-state index in [1.807, 2.05) is 54.6 Å². The van der Waals surface area contributed by atoms with E-state index in [0.717, 1.165) is 45.7 Å². The van der Waals surface area contributed by atoms with Crippen LogP contribution in [-0.2, 0) is 11.2 Å². The third kappa shape index (κ3) is 4.16. The number of hydrogen-bond donors (Lipinski definition) is 2. The summed E-state index contributed by atoms with van der Waals surface area (Å²) in [5.74, 6) is 2.25. The number of anilines is 2. The minimum Gasteiger partial charge on any atom is -0.492 e. The molecular formula is C24H21N5O2. The van der Waals surface area contributed by atoms with Crippen LogP contribution in [0.15, 0.2) is 67.0 Å². The third-order valence-corrected chi connectivity index (χ3v) is 5.16. The van der Waals surface area contributed by atoms with Gasteiger partial charge in [0, 0.05) is 35.5 Å². The lowest BCUT2D eigenvalue weighted by Gasteiger charge is -2.18. The molecule has 0 spiro atoms. The molecule has 7 heteroatoms. The number of aromatic nitrogens is 3. The quantitative estimate of drug-likeness (QED) is 0.465. The smallest absolute Gasteiger partial charge is 0.224 e. The lowest BCUT2D eigenvalue weighted by Crippen LogP contribution is -2.19. The van der Waals surface area contributed by atoms with E-state index in [0.29, 0.717) is 25.4 Å². The number of amides is 1. The molecule has 0 bridgehead atoms. The highest BCUT2D eigenvalue weighted by molar-refractivity contribution is 5.94. The molecule has 2 aromatic heterocycles. The molecule has 0 unspecified atom stereocenters. The van der Waals surface area contributed by atoms with Crippen LogP contribution < -0.4 is 15.4 Å². The van der Waals surface area contributed by atoms with E-state index in [2.05, 4.69) is 20.6 Å². The number of benzene rings is 2. The second-order valence-corrected chi connectivity index (χ2v) is 7.30. The molecule has 0 saturated heterocycles. The summed E-state index contributed by atoms with van der Waals surface area (Å²) >= 11 is 0. The fourth-order valence-electron chi connectivity index (χ4n) is 3.62. The molecule has 0 aliphatic carbocycles. The Bertz CT molecular complexity index is 1240. The zero-order valence-corrected chi connectivity index (χ0v) is 16.8. The van der Waals surface area contributed by atoms with Gasteiger partial charge in [0.05, 0.1) is 12.1 Å². The van der Waals surface area contributed by atoms with E-state index in [1.165, 1.54) is 0 Å². The van der Waals surface area contributed by atoms with Crippen molar-refractivity contribution in [2.45, 2.75) is 12.8 Å². The maximum Gasteiger partial charge on any atom is 0.224 e. The molecule has 31 heavy (non-hydrogen) atoms. The minimum absolute atomic E-state index is 0.0631. The van der Waals surface area contributed by atoms with Crippen LogP contribution in [0.25, 0.3) is 22.3 Å². The van der Waals surface area contributed by atoms with Crippen LogP contribution in [0.5, 0.6) is 5.75 Å². The Morgan fingerprint density at radius 1 is 1.03 bits per heavy atom. The van der Waals surface area contributed by atoms with Crippen molar-refractivity contribution in [3.63, 3.8) is 0 Å². The number of fused-ring (bicyclic) bond motifs is 2. The number of carbonyl (C=O) groups is 1. The van der Waals surface area contributed by atoms with Gasteiger partial charge in [0.1, 0.15) is 18.2 Å². The van der Waals surface area contributed by atoms with Gasteiger partial charge >= 0.3 is 0 Å². The summed E-state index contributed by atoms with van der Waals surface area (Å²) in [4.78, 5) is 25.1. The molecule has 0 radical (unpaired) electrons. The standard InChI is InChI=1S/C24H21N5O2/c30-22-10-7-16-14-18(8-9-20(16)27-22)31-13-12-26-24-19-5-1-2-6-21(19)28-23(29-24)17-4-3-11-25-15-17/h1-6,8-9,11,14-15H,7,10,12-13H2,(H,27,30)(H,26,28,29). The van der Waals surface area contributed by atoms with Gasteiger partial charge in [-0.2, -0.15) is 0 Å². The normalized spacial score (nSPS) is 12.8. The average Bonchev–Trinajstić information content (AvgIpc) is 2.82. The Labute approximate surface area is 179 Å². The summed E-state index contributed by atoms with van der Waals surface area (Å²) in [5, 5.41) is 7.23. The van der Waals surface area contributed by atoms with Crippen molar-refractivity contribution < 1.29 is 9.53 Å². The number of ether oxygens (including phenoxy) is 1. The maximum absolute atomic E-state index is 11.5. The maximum atomic E-state index is 11.5. The van der Waals surface area contributed by atoms with Gasteiger partial charge in [-0.15, -0.1) is 0 Å². The SMILES string of the molecule is O=C1CCc2cc(OCCNc3nc(-c4cccnc4)nc4ccccc34)ccc2N1. The number of nitrogens with one attached hydrogen (secondary N) is 2. The van der Waals surface area contributed by atoms with E-state index in [9.17, 15) is 4.79 Å². The highest BCUT2D eigenvalue weighted by Gasteiger charge is 2.15. The van der Waals surface area contributed by atoms with E-state index in [-0.39, 0.29) is 5.91 Å². The fourth-order valence-corrected chi connectivity index (χ4v) is 3.62. The van der Waals surface area contributed by atoms with Crippen molar-refractivity contribution in [2.75, 3.05) is 23.8 Å². The Hall–Kier alpha value is -4.00. The molecular weight excluding hydrogens is 390 g/mol. The number of para-hydroxylation sites is 1. The van der Waals surface area contributed by atoms with Crippen LogP contribution in [0.4, 0.5) is 11.5 Å². The number of hydrogen-bond acceptors (Lipinski definition) is 6. The summed E-state index contributed by atoms with van der Waals surface area (Å²) in [6, 6.07) is 17.5. The third-order valence-electron chi connectivity index (χ3n) is 5.16. The van der Waals surface area contributed by atoms with Crippen molar-refractivity contribution in [3.8, 4) is 17.1 Å². The van der Waals surface area contributed by atoms with Crippen molar-refractivity contribution in [1.29, 1.82) is 0 Å². The molecule has 0 atom stereocenters. The zero-order valence-electron chi connectivity index (χ0n) is 16.8. The van der Waals surface area contributed by atoms with E-state index >= 15 is 0 Å². The molecule has 5 rings (SSSR count). The minimum atomic E-state index is 0.0631. The van der Waals surface area contributed by atoms with Crippen LogP contribution in [0, 0.1) is 0 Å². The van der Waals surface area contributed by atoms with E-state index in [1.54, 1.807) is 12.4 Å². The van der Waals surface area contributed by atoms with Gasteiger partial charge < -0.3 is 15.4 Å². The number of pyridine rings is 1. The van der Waals surface area contributed by atoms with Gasteiger partial charge in [-0.3, -0.25) is 9.78 Å². The Balaban J connectivity index is 1.29. The molecule has 3 heterocycles. The summed E-state index contributed by atoms with van der Waals surface area (Å²) in [5.41, 5.74) is 3.72. The second-order valence-electron chi connectivity index (χ2n) is 7.30. The number of aryl methyl sites for hydroxylation is 1. The van der Waals surface area contributed by atoms with Crippen molar-refractivity contribution in [3.05, 3.63) is 72.6 Å². The first kappa shape index (κ1) is 19.0. The monoisotopic (exact) mass is 411 g/mol. The fraction of sp³-hybridized carbons (Fsp3) is 0.167. The van der Waals surface area contributed by atoms with Crippen molar-refractivity contribution in [2.24, 2.45) is 0 Å². The number of nitrogens with zero attached hydrogens (tertiary/aromatic N) is 3. The van der Waals surface area contributed by atoms with Gasteiger partial charge in [0.15, 0.2) is 5.82 Å². The van der Waals surface area contributed by atoms with Gasteiger partial charge in [-0.25, -0.2) is 9.97 Å². The first-order chi connectivity index (χ1) is 15.3. The Morgan fingerprint density at radius 2 is 1.97 bits per heavy atom. The molecule has 1 aliphatic rings. The van der Waals surface area contributed by atoms with Crippen molar-refractivity contribution in [1.82, 2.24) is 15.0 Å². The molecule has 1 amide bonds. The van der Waals surface area contributed by atoms with Gasteiger partial charge in [0.25, 0.3) is 0 Å². The van der Waals surface area contributed by atoms with E-state index in [4.69, 9.17) is 9.72 Å². The Morgan fingerprint density at radius 3 is 2.87 bits per heavy atom. The van der Waals surface area contributed by atoms with Crippen LogP contribution >= 0.6 is 0 Å². The topological polar surface area (TPSA) is 89.0 Å². The summed E-state index contributed by atoms with van der Waals surface area (Å²) in [7, 11) is 0. The number of rotatable bonds is 6. The molecule has 0 fully saturated rings. The van der Waals surface area contributed by atoms with E-state index < -0.39 is 0 Å². The first-order valence-corrected chi connectivity index (χ1v) is 10.2. The average molecular weight is 411 g/mol. The predicted molar refractivity (Wildman–Crippen MR) is 120 cm³/mol. The van der Waals surface area contributed by atoms with Crippen LogP contribution in [-0.4, -0.2) is 34.0 Å². The molecule has 2 N–H and O–H groups in total. The van der Waals surface area contributed by atoms with Crippen molar-refractivity contribution >= 4 is 28.3 Å². The highest BCUT2D eigenvalue weighted by atomic mass is 16.5. The molecule has 2 aromatic carbocycles. The molecule has 4 aromatic rings. The van der Waals surface area contributed by atoms with Crippen LogP contribution in [0.2, 0.25) is 0 Å². The first-order valence-electron chi connectivity index (χ1n) is 10.2. The summed E-state index contributed by atoms with van der Waals surface area (Å²) in [6.07, 6.45) is 4.74. The Kier molecular flexibility index (Phi) is 5.14. The predicted octanol–water partition coefficient (Wildman–Crippen LogP) is 4.07.